The standard InChI is InChI=1S/C13H17BrN4S/c1-3-10(15)6-9-4-5-11(7-12(9)14)19-13-16-8(2)17-18-13/h4-5,7,10H,3,6,15H2,1-2H3,(H,16,17,18). The smallest absolute Gasteiger partial charge is 0.213 e. The second kappa shape index (κ2) is 6.54. The number of nitrogens with two attached hydrogens (primary N) is 1. The number of benzene rings is 1. The summed E-state index contributed by atoms with van der Waals surface area (Å²) in [5.74, 6) is 0.826. The summed E-state index contributed by atoms with van der Waals surface area (Å²) >= 11 is 5.15. The zero-order valence-corrected chi connectivity index (χ0v) is 13.4. The summed E-state index contributed by atoms with van der Waals surface area (Å²) in [4.78, 5) is 5.39. The highest BCUT2D eigenvalue weighted by Gasteiger charge is 2.08. The van der Waals surface area contributed by atoms with Gasteiger partial charge in [0.2, 0.25) is 5.16 Å². The van der Waals surface area contributed by atoms with Gasteiger partial charge in [-0.05, 0) is 49.2 Å². The molecule has 0 aliphatic rings. The van der Waals surface area contributed by atoms with Crippen molar-refractivity contribution in [3.05, 3.63) is 34.1 Å². The number of aryl methyl sites for hydroxylation is 1. The van der Waals surface area contributed by atoms with Crippen LogP contribution in [0.3, 0.4) is 0 Å². The van der Waals surface area contributed by atoms with Gasteiger partial charge in [0.05, 0.1) is 0 Å². The van der Waals surface area contributed by atoms with Crippen molar-refractivity contribution >= 4 is 27.7 Å². The number of halogens is 1. The van der Waals surface area contributed by atoms with Crippen LogP contribution in [0, 0.1) is 6.92 Å². The molecule has 1 aromatic heterocycles. The quantitative estimate of drug-likeness (QED) is 0.876. The molecular formula is C13H17BrN4S. The molecule has 0 aliphatic carbocycles. The van der Waals surface area contributed by atoms with Crippen molar-refractivity contribution in [1.82, 2.24) is 15.2 Å². The fraction of sp³-hybridized carbons (Fsp3) is 0.385. The van der Waals surface area contributed by atoms with Gasteiger partial charge in [0.25, 0.3) is 0 Å². The summed E-state index contributed by atoms with van der Waals surface area (Å²) in [6.07, 6.45) is 1.88. The lowest BCUT2D eigenvalue weighted by molar-refractivity contribution is 0.645. The van der Waals surface area contributed by atoms with Gasteiger partial charge in [-0.25, -0.2) is 4.98 Å². The topological polar surface area (TPSA) is 67.6 Å². The summed E-state index contributed by atoms with van der Waals surface area (Å²) in [5.41, 5.74) is 7.23. The van der Waals surface area contributed by atoms with Crippen LogP contribution in [0.4, 0.5) is 0 Å². The molecule has 0 saturated carbocycles. The average Bonchev–Trinajstić information content (AvgIpc) is 2.78. The van der Waals surface area contributed by atoms with Gasteiger partial charge in [-0.1, -0.05) is 28.9 Å². The third-order valence-corrected chi connectivity index (χ3v) is 4.41. The number of hydrogen-bond acceptors (Lipinski definition) is 4. The average molecular weight is 341 g/mol. The number of nitrogens with one attached hydrogen (secondary N) is 1. The lowest BCUT2D eigenvalue weighted by Gasteiger charge is -2.11. The minimum absolute atomic E-state index is 0.213. The van der Waals surface area contributed by atoms with Crippen molar-refractivity contribution in [1.29, 1.82) is 0 Å². The third kappa shape index (κ3) is 4.06. The van der Waals surface area contributed by atoms with Gasteiger partial charge < -0.3 is 5.73 Å². The van der Waals surface area contributed by atoms with Crippen molar-refractivity contribution in [3.63, 3.8) is 0 Å². The molecule has 3 N–H and O–H groups in total. The molecular weight excluding hydrogens is 324 g/mol. The van der Waals surface area contributed by atoms with Gasteiger partial charge in [0.15, 0.2) is 0 Å². The molecule has 19 heavy (non-hydrogen) atoms. The van der Waals surface area contributed by atoms with Crippen molar-refractivity contribution < 1.29 is 0 Å². The lowest BCUT2D eigenvalue weighted by atomic mass is 10.1. The molecule has 1 atom stereocenters. The van der Waals surface area contributed by atoms with Crippen LogP contribution < -0.4 is 5.73 Å². The van der Waals surface area contributed by atoms with Crippen LogP contribution in [-0.2, 0) is 6.42 Å². The molecule has 0 fully saturated rings. The molecule has 0 aliphatic heterocycles. The van der Waals surface area contributed by atoms with Gasteiger partial charge in [-0.3, -0.25) is 5.10 Å². The number of aromatic amines is 1. The van der Waals surface area contributed by atoms with Crippen LogP contribution in [0.1, 0.15) is 24.7 Å². The van der Waals surface area contributed by atoms with Crippen LogP contribution in [0.15, 0.2) is 32.7 Å². The van der Waals surface area contributed by atoms with Crippen LogP contribution in [0.5, 0.6) is 0 Å². The molecule has 0 spiro atoms. The Kier molecular flexibility index (Phi) is 5.01. The van der Waals surface area contributed by atoms with E-state index >= 15 is 0 Å². The fourth-order valence-corrected chi connectivity index (χ4v) is 3.15. The van der Waals surface area contributed by atoms with Crippen LogP contribution in [0.2, 0.25) is 0 Å². The number of rotatable bonds is 5. The molecule has 2 rings (SSSR count). The van der Waals surface area contributed by atoms with Gasteiger partial charge in [0, 0.05) is 15.4 Å². The monoisotopic (exact) mass is 340 g/mol. The van der Waals surface area contributed by atoms with Gasteiger partial charge in [0.1, 0.15) is 5.82 Å². The first-order valence-electron chi connectivity index (χ1n) is 6.19. The Balaban J connectivity index is 2.10. The summed E-state index contributed by atoms with van der Waals surface area (Å²) in [7, 11) is 0. The Morgan fingerprint density at radius 1 is 1.47 bits per heavy atom. The lowest BCUT2D eigenvalue weighted by Crippen LogP contribution is -2.21. The molecule has 102 valence electrons. The predicted octanol–water partition coefficient (Wildman–Crippen LogP) is 3.31. The van der Waals surface area contributed by atoms with Crippen molar-refractivity contribution in [2.45, 2.75) is 42.8 Å². The molecule has 2 aromatic rings. The summed E-state index contributed by atoms with van der Waals surface area (Å²) in [6, 6.07) is 6.50. The van der Waals surface area contributed by atoms with Crippen molar-refractivity contribution in [3.8, 4) is 0 Å². The fourth-order valence-electron chi connectivity index (χ4n) is 1.66. The van der Waals surface area contributed by atoms with E-state index in [2.05, 4.69) is 56.2 Å². The van der Waals surface area contributed by atoms with E-state index in [-0.39, 0.29) is 6.04 Å². The maximum absolute atomic E-state index is 5.99. The normalized spacial score (nSPS) is 12.6. The highest BCUT2D eigenvalue weighted by Crippen LogP contribution is 2.29. The number of H-pyrrole nitrogens is 1. The minimum Gasteiger partial charge on any atom is -0.327 e. The molecule has 0 saturated heterocycles. The van der Waals surface area contributed by atoms with Crippen molar-refractivity contribution in [2.24, 2.45) is 5.73 Å². The van der Waals surface area contributed by atoms with Gasteiger partial charge >= 0.3 is 0 Å². The molecule has 4 nitrogen and oxygen atoms in total. The molecule has 1 unspecified atom stereocenters. The van der Waals surface area contributed by atoms with E-state index in [1.54, 1.807) is 11.8 Å². The first-order chi connectivity index (χ1) is 9.08. The van der Waals surface area contributed by atoms with E-state index in [1.165, 1.54) is 5.56 Å². The Morgan fingerprint density at radius 3 is 2.84 bits per heavy atom. The van der Waals surface area contributed by atoms with Gasteiger partial charge in [-0.2, -0.15) is 0 Å². The van der Waals surface area contributed by atoms with E-state index in [0.717, 1.165) is 33.2 Å². The SMILES string of the molecule is CCC(N)Cc1ccc(Sc2n[nH]c(C)n2)cc1Br. The molecule has 0 bridgehead atoms. The first-order valence-corrected chi connectivity index (χ1v) is 7.80. The Hall–Kier alpha value is -0.850. The second-order valence-electron chi connectivity index (χ2n) is 4.43. The third-order valence-electron chi connectivity index (χ3n) is 2.82. The zero-order valence-electron chi connectivity index (χ0n) is 11.0. The number of hydrogen-bond donors (Lipinski definition) is 2. The maximum Gasteiger partial charge on any atom is 0.213 e. The van der Waals surface area contributed by atoms with Crippen LogP contribution in [0.25, 0.3) is 0 Å². The molecule has 0 radical (unpaired) electrons. The summed E-state index contributed by atoms with van der Waals surface area (Å²) in [5, 5.41) is 7.69. The second-order valence-corrected chi connectivity index (χ2v) is 6.33. The minimum atomic E-state index is 0.213. The molecule has 1 aromatic carbocycles. The van der Waals surface area contributed by atoms with E-state index in [1.807, 2.05) is 6.92 Å². The molecule has 6 heteroatoms. The van der Waals surface area contributed by atoms with E-state index in [0.29, 0.717) is 0 Å². The van der Waals surface area contributed by atoms with Gasteiger partial charge in [-0.15, -0.1) is 5.10 Å². The molecule has 0 amide bonds. The number of nitrogens with zero attached hydrogens (tertiary/aromatic N) is 2. The van der Waals surface area contributed by atoms with E-state index < -0.39 is 0 Å². The molecule has 1 heterocycles. The first kappa shape index (κ1) is 14.6. The Morgan fingerprint density at radius 2 is 2.26 bits per heavy atom. The summed E-state index contributed by atoms with van der Waals surface area (Å²) in [6.45, 7) is 4.00. The largest absolute Gasteiger partial charge is 0.327 e. The Bertz CT molecular complexity index is 555. The zero-order chi connectivity index (χ0) is 13.8. The number of aromatic nitrogens is 3. The van der Waals surface area contributed by atoms with Crippen molar-refractivity contribution in [2.75, 3.05) is 0 Å². The van der Waals surface area contributed by atoms with Crippen LogP contribution >= 0.6 is 27.7 Å². The van der Waals surface area contributed by atoms with E-state index in [4.69, 9.17) is 5.73 Å². The highest BCUT2D eigenvalue weighted by molar-refractivity contribution is 9.10. The van der Waals surface area contributed by atoms with E-state index in [9.17, 15) is 0 Å². The highest BCUT2D eigenvalue weighted by atomic mass is 79.9. The maximum atomic E-state index is 5.99. The van der Waals surface area contributed by atoms with Crippen LogP contribution in [-0.4, -0.2) is 21.2 Å². The summed E-state index contributed by atoms with van der Waals surface area (Å²) < 4.78 is 1.09. The Labute approximate surface area is 125 Å². The predicted molar refractivity (Wildman–Crippen MR) is 81.4 cm³/mol.